The molecule has 6 heteroatoms. The van der Waals surface area contributed by atoms with Crippen molar-refractivity contribution in [3.8, 4) is 5.75 Å². The quantitative estimate of drug-likeness (QED) is 0.294. The van der Waals surface area contributed by atoms with Crippen LogP contribution < -0.4 is 0 Å². The van der Waals surface area contributed by atoms with Gasteiger partial charge in [0.05, 0.1) is 6.04 Å². The van der Waals surface area contributed by atoms with Gasteiger partial charge in [0.1, 0.15) is 11.6 Å². The highest BCUT2D eigenvalue weighted by Crippen LogP contribution is 2.35. The van der Waals surface area contributed by atoms with Gasteiger partial charge in [0.2, 0.25) is 0 Å². The number of phenols is 1. The second kappa shape index (κ2) is 13.8. The fourth-order valence-corrected chi connectivity index (χ4v) is 6.85. The summed E-state index contributed by atoms with van der Waals surface area (Å²) in [5.41, 5.74) is 3.85. The van der Waals surface area contributed by atoms with Crippen LogP contribution in [0.5, 0.6) is 5.75 Å². The molecule has 0 saturated carbocycles. The molecule has 0 aliphatic carbocycles. The number of rotatable bonds is 9. The van der Waals surface area contributed by atoms with Crippen LogP contribution in [0.15, 0.2) is 72.8 Å². The minimum atomic E-state index is -0.200. The fourth-order valence-electron chi connectivity index (χ4n) is 6.85. The van der Waals surface area contributed by atoms with E-state index in [1.165, 1.54) is 25.3 Å². The normalized spacial score (nSPS) is 21.4. The van der Waals surface area contributed by atoms with Gasteiger partial charge in [-0.15, -0.1) is 0 Å². The van der Waals surface area contributed by atoms with Crippen LogP contribution in [0.4, 0.5) is 4.39 Å². The number of carbonyl (C=O) groups is 1. The molecule has 1 unspecified atom stereocenters. The zero-order chi connectivity index (χ0) is 29.6. The average Bonchev–Trinajstić information content (AvgIpc) is 2.99. The molecule has 2 fully saturated rings. The Morgan fingerprint density at radius 2 is 1.67 bits per heavy atom. The smallest absolute Gasteiger partial charge is 0.253 e. The van der Waals surface area contributed by atoms with Gasteiger partial charge in [-0.25, -0.2) is 4.39 Å². The molecule has 5 nitrogen and oxygen atoms in total. The van der Waals surface area contributed by atoms with Crippen LogP contribution in [0.3, 0.4) is 0 Å². The Kier molecular flexibility index (Phi) is 9.96. The topological polar surface area (TPSA) is 47.0 Å². The van der Waals surface area contributed by atoms with E-state index in [4.69, 9.17) is 0 Å². The molecule has 5 rings (SSSR count). The largest absolute Gasteiger partial charge is 0.508 e. The highest BCUT2D eigenvalue weighted by Gasteiger charge is 2.35. The van der Waals surface area contributed by atoms with E-state index in [1.807, 2.05) is 35.2 Å². The van der Waals surface area contributed by atoms with Gasteiger partial charge < -0.3 is 10.0 Å². The summed E-state index contributed by atoms with van der Waals surface area (Å²) in [6.45, 7) is 10.8. The van der Waals surface area contributed by atoms with Gasteiger partial charge in [-0.2, -0.15) is 0 Å². The van der Waals surface area contributed by atoms with Crippen molar-refractivity contribution in [3.05, 3.63) is 101 Å². The number of hydrogen-bond donors (Lipinski definition) is 1. The third kappa shape index (κ3) is 7.22. The first-order valence-corrected chi connectivity index (χ1v) is 15.7. The molecule has 3 aromatic carbocycles. The highest BCUT2D eigenvalue weighted by molar-refractivity contribution is 5.94. The lowest BCUT2D eigenvalue weighted by Crippen LogP contribution is -2.56. The molecule has 2 aliphatic heterocycles. The van der Waals surface area contributed by atoms with Crippen LogP contribution in [0.1, 0.15) is 86.0 Å². The molecule has 1 N–H and O–H groups in total. The molecule has 2 saturated heterocycles. The Labute approximate surface area is 251 Å². The van der Waals surface area contributed by atoms with Crippen molar-refractivity contribution in [1.82, 2.24) is 14.7 Å². The molecule has 224 valence electrons. The third-order valence-electron chi connectivity index (χ3n) is 9.30. The second-order valence-corrected chi connectivity index (χ2v) is 12.5. The predicted octanol–water partition coefficient (Wildman–Crippen LogP) is 7.26. The number of benzene rings is 3. The van der Waals surface area contributed by atoms with Gasteiger partial charge in [-0.3, -0.25) is 14.6 Å². The van der Waals surface area contributed by atoms with E-state index in [0.717, 1.165) is 67.2 Å². The summed E-state index contributed by atoms with van der Waals surface area (Å²) in [4.78, 5) is 20.3. The number of piperidine rings is 1. The highest BCUT2D eigenvalue weighted by atomic mass is 19.1. The van der Waals surface area contributed by atoms with Crippen LogP contribution in [0, 0.1) is 11.7 Å². The Hall–Kier alpha value is -3.22. The molecule has 3 atom stereocenters. The molecule has 1 amide bonds. The molecule has 2 heterocycles. The Bertz CT molecular complexity index is 1320. The summed E-state index contributed by atoms with van der Waals surface area (Å²) in [7, 11) is 0. The number of unbranched alkanes of at least 4 members (excludes halogenated alkanes) is 1. The van der Waals surface area contributed by atoms with Crippen LogP contribution in [-0.2, 0) is 6.54 Å². The number of nitrogens with zero attached hydrogens (tertiary/aromatic N) is 3. The number of amides is 1. The number of hydrogen-bond acceptors (Lipinski definition) is 4. The Balaban J connectivity index is 1.33. The van der Waals surface area contributed by atoms with Gasteiger partial charge in [0.25, 0.3) is 5.91 Å². The summed E-state index contributed by atoms with van der Waals surface area (Å²) >= 11 is 0. The summed E-state index contributed by atoms with van der Waals surface area (Å²) < 4.78 is 13.8. The molecule has 3 aromatic rings. The molecule has 0 spiro atoms. The molecule has 2 aliphatic rings. The summed E-state index contributed by atoms with van der Waals surface area (Å²) in [6.07, 6.45) is 5.99. The van der Waals surface area contributed by atoms with E-state index >= 15 is 0 Å². The minimum Gasteiger partial charge on any atom is -0.508 e. The van der Waals surface area contributed by atoms with Crippen molar-refractivity contribution < 1.29 is 14.3 Å². The van der Waals surface area contributed by atoms with Crippen molar-refractivity contribution in [2.24, 2.45) is 5.92 Å². The minimum absolute atomic E-state index is 0.0654. The molecular formula is C36H46FN3O2. The van der Waals surface area contributed by atoms with Crippen molar-refractivity contribution in [2.45, 2.75) is 77.5 Å². The summed E-state index contributed by atoms with van der Waals surface area (Å²) in [5, 5.41) is 10.4. The standard InChI is InChI=1S/C36H46FN3O2/c1-4-5-8-28-17-19-38(20-18-28)36(42)31-15-13-30(14-16-31)35(32-10-7-12-34(41)22-32)40-24-26(2)39(23-27(40)3)25-29-9-6-11-33(37)21-29/h6-7,9-16,21-22,26-28,35,41H,4-5,8,17-20,23-25H2,1-3H3/t26-,27+,35?/m1/s1. The maximum Gasteiger partial charge on any atom is 0.253 e. The lowest BCUT2D eigenvalue weighted by atomic mass is 9.91. The summed E-state index contributed by atoms with van der Waals surface area (Å²) in [6, 6.07) is 22.9. The van der Waals surface area contributed by atoms with E-state index in [9.17, 15) is 14.3 Å². The first-order chi connectivity index (χ1) is 20.3. The maximum atomic E-state index is 13.8. The van der Waals surface area contributed by atoms with E-state index in [1.54, 1.807) is 18.2 Å². The monoisotopic (exact) mass is 571 g/mol. The van der Waals surface area contributed by atoms with E-state index in [2.05, 4.69) is 48.8 Å². The van der Waals surface area contributed by atoms with Crippen LogP contribution in [-0.4, -0.2) is 64.0 Å². The van der Waals surface area contributed by atoms with Crippen LogP contribution >= 0.6 is 0 Å². The summed E-state index contributed by atoms with van der Waals surface area (Å²) in [5.74, 6) is 0.918. The van der Waals surface area contributed by atoms with E-state index < -0.39 is 0 Å². The maximum absolute atomic E-state index is 13.8. The third-order valence-corrected chi connectivity index (χ3v) is 9.30. The van der Waals surface area contributed by atoms with Gasteiger partial charge in [-0.05, 0) is 85.7 Å². The van der Waals surface area contributed by atoms with Gasteiger partial charge in [0.15, 0.2) is 0 Å². The zero-order valence-electron chi connectivity index (χ0n) is 25.4. The van der Waals surface area contributed by atoms with Gasteiger partial charge >= 0.3 is 0 Å². The van der Waals surface area contributed by atoms with Crippen molar-refractivity contribution in [1.29, 1.82) is 0 Å². The predicted molar refractivity (Wildman–Crippen MR) is 167 cm³/mol. The number of carbonyl (C=O) groups excluding carboxylic acids is 1. The van der Waals surface area contributed by atoms with Gasteiger partial charge in [-0.1, -0.05) is 62.6 Å². The first kappa shape index (κ1) is 30.2. The molecule has 0 radical (unpaired) electrons. The molecular weight excluding hydrogens is 525 g/mol. The number of phenolic OH excluding ortho intramolecular Hbond substituents is 1. The van der Waals surface area contributed by atoms with Crippen LogP contribution in [0.25, 0.3) is 0 Å². The lowest BCUT2D eigenvalue weighted by molar-refractivity contribution is 0.0194. The number of aromatic hydroxyl groups is 1. The second-order valence-electron chi connectivity index (χ2n) is 12.5. The number of piperazine rings is 1. The molecule has 0 bridgehead atoms. The van der Waals surface area contributed by atoms with Crippen molar-refractivity contribution >= 4 is 5.91 Å². The zero-order valence-corrected chi connectivity index (χ0v) is 25.4. The number of likely N-dealkylation sites (tertiary alicyclic amines) is 1. The van der Waals surface area contributed by atoms with E-state index in [0.29, 0.717) is 6.54 Å². The first-order valence-electron chi connectivity index (χ1n) is 15.7. The Morgan fingerprint density at radius 1 is 0.929 bits per heavy atom. The molecule has 42 heavy (non-hydrogen) atoms. The van der Waals surface area contributed by atoms with Crippen molar-refractivity contribution in [3.63, 3.8) is 0 Å². The van der Waals surface area contributed by atoms with Crippen molar-refractivity contribution in [2.75, 3.05) is 26.2 Å². The average molecular weight is 572 g/mol. The van der Waals surface area contributed by atoms with Crippen LogP contribution in [0.2, 0.25) is 0 Å². The Morgan fingerprint density at radius 3 is 2.36 bits per heavy atom. The fraction of sp³-hybridized carbons (Fsp3) is 0.472. The van der Waals surface area contributed by atoms with Gasteiger partial charge in [0, 0.05) is 50.4 Å². The SMILES string of the molecule is CCCCC1CCN(C(=O)c2ccc(C(c3cccc(O)c3)N3C[C@@H](C)N(Cc4cccc(F)c4)C[C@@H]3C)cc2)CC1. The lowest BCUT2D eigenvalue weighted by Gasteiger charge is -2.47. The van der Waals surface area contributed by atoms with E-state index in [-0.39, 0.29) is 35.6 Å². The number of halogens is 1. The molecule has 0 aromatic heterocycles.